The molecule has 13 heavy (non-hydrogen) atoms. The van der Waals surface area contributed by atoms with Gasteiger partial charge in [-0.05, 0) is 0 Å². The maximum absolute atomic E-state index is 11.4. The van der Waals surface area contributed by atoms with E-state index in [4.69, 9.17) is 0 Å². The molecule has 0 atom stereocenters. The van der Waals surface area contributed by atoms with Crippen LogP contribution in [0.5, 0.6) is 0 Å². The molecule has 0 spiro atoms. The molecule has 0 bridgehead atoms. The van der Waals surface area contributed by atoms with E-state index in [2.05, 4.69) is 0 Å². The van der Waals surface area contributed by atoms with E-state index in [1.807, 2.05) is 0 Å². The number of sulfonamides is 1. The third-order valence-corrected chi connectivity index (χ3v) is 2.80. The molecule has 0 saturated heterocycles. The number of rotatable bonds is 2. The Hall–Kier alpha value is 0.580. The fraction of sp³-hybridized carbons (Fsp3) is 1.00. The number of halogens is 4. The third kappa shape index (κ3) is 5.80. The van der Waals surface area contributed by atoms with E-state index in [1.165, 1.54) is 0 Å². The fourth-order valence-corrected chi connectivity index (χ4v) is 1.60. The minimum atomic E-state index is -6.17. The molecule has 0 aromatic carbocycles. The summed E-state index contributed by atoms with van der Waals surface area (Å²) in [4.78, 5) is 0. The molecule has 0 fully saturated rings. The van der Waals surface area contributed by atoms with Crippen molar-refractivity contribution in [2.45, 2.75) is 5.51 Å². The van der Waals surface area contributed by atoms with Crippen molar-refractivity contribution >= 4 is 20.4 Å². The van der Waals surface area contributed by atoms with Gasteiger partial charge < -0.3 is 1.43 Å². The van der Waals surface area contributed by atoms with Crippen LogP contribution in [0.2, 0.25) is 0 Å². The molecule has 0 saturated carbocycles. The van der Waals surface area contributed by atoms with Crippen molar-refractivity contribution in [3.8, 4) is 0 Å². The zero-order valence-electron chi connectivity index (χ0n) is 6.96. The number of hydrogen-bond donors (Lipinski definition) is 1. The fourth-order valence-electron chi connectivity index (χ4n) is 0.178. The van der Waals surface area contributed by atoms with Gasteiger partial charge in [0.25, 0.3) is 0 Å². The van der Waals surface area contributed by atoms with E-state index >= 15 is 0 Å². The summed E-state index contributed by atoms with van der Waals surface area (Å²) in [6.07, 6.45) is 0. The molecule has 0 aliphatic rings. The summed E-state index contributed by atoms with van der Waals surface area (Å²) in [6, 6.07) is 0. The second kappa shape index (κ2) is 4.40. The van der Waals surface area contributed by atoms with Gasteiger partial charge >= 0.3 is 55.5 Å². The van der Waals surface area contributed by atoms with Gasteiger partial charge in [0.15, 0.2) is 0 Å². The van der Waals surface area contributed by atoms with Crippen LogP contribution in [0.4, 0.5) is 17.1 Å². The maximum Gasteiger partial charge on any atom is 1.00 e. The molecule has 0 heterocycles. The van der Waals surface area contributed by atoms with Gasteiger partial charge in [-0.3, -0.25) is 0 Å². The molecule has 0 radical (unpaired) electrons. The second-order valence-electron chi connectivity index (χ2n) is 1.47. The van der Waals surface area contributed by atoms with Crippen LogP contribution < -0.4 is 33.7 Å². The molecule has 0 unspecified atom stereocenters. The van der Waals surface area contributed by atoms with Gasteiger partial charge in [0.2, 0.25) is 0 Å². The van der Waals surface area contributed by atoms with Gasteiger partial charge in [-0.25, -0.2) is 8.42 Å². The van der Waals surface area contributed by atoms with Gasteiger partial charge in [-0.2, -0.15) is 21.6 Å². The molecule has 5 nitrogen and oxygen atoms in total. The van der Waals surface area contributed by atoms with Crippen LogP contribution in [0.3, 0.4) is 0 Å². The standard InChI is InChI=1S/CHF4NO4S2.Na.H/c2-1(3,4)11(7,8)6-12(5,9)10;;/h6H;;/q;+1;-1. The first kappa shape index (κ1) is 16.0. The molecule has 0 aliphatic heterocycles. The van der Waals surface area contributed by atoms with Crippen molar-refractivity contribution in [2.75, 3.05) is 0 Å². The summed E-state index contributed by atoms with van der Waals surface area (Å²) < 4.78 is 83.5. The van der Waals surface area contributed by atoms with Crippen LogP contribution >= 0.6 is 0 Å². The molecule has 0 aromatic heterocycles. The van der Waals surface area contributed by atoms with Crippen molar-refractivity contribution in [3.63, 3.8) is 0 Å². The summed E-state index contributed by atoms with van der Waals surface area (Å²) in [5, 5.41) is 0. The quantitative estimate of drug-likeness (QED) is 0.319. The van der Waals surface area contributed by atoms with Crippen LogP contribution in [0.25, 0.3) is 0 Å². The van der Waals surface area contributed by atoms with E-state index < -0.39 is 25.9 Å². The zero-order chi connectivity index (χ0) is 10.2. The van der Waals surface area contributed by atoms with E-state index in [0.29, 0.717) is 0 Å². The van der Waals surface area contributed by atoms with E-state index in [1.54, 1.807) is 0 Å². The Morgan fingerprint density at radius 3 is 1.46 bits per heavy atom. The van der Waals surface area contributed by atoms with E-state index in [0.717, 1.165) is 0 Å². The molecule has 1 N–H and O–H groups in total. The Labute approximate surface area is 94.7 Å². The van der Waals surface area contributed by atoms with E-state index in [9.17, 15) is 33.9 Å². The summed E-state index contributed by atoms with van der Waals surface area (Å²) in [5.41, 5.74) is -5.86. The summed E-state index contributed by atoms with van der Waals surface area (Å²) in [6.45, 7) is 0. The predicted octanol–water partition coefficient (Wildman–Crippen LogP) is -3.24. The smallest absolute Gasteiger partial charge is 1.00 e. The molecular formula is CH2F4NNaO4S2. The minimum Gasteiger partial charge on any atom is -1.00 e. The van der Waals surface area contributed by atoms with Gasteiger partial charge in [0, 0.05) is 0 Å². The number of alkyl halides is 3. The summed E-state index contributed by atoms with van der Waals surface area (Å²) in [5.74, 6) is 0. The van der Waals surface area contributed by atoms with Crippen LogP contribution in [0.1, 0.15) is 1.43 Å². The van der Waals surface area contributed by atoms with Gasteiger partial charge in [-0.1, -0.05) is 8.01 Å². The van der Waals surface area contributed by atoms with Crippen molar-refractivity contribution in [1.82, 2.24) is 4.13 Å². The van der Waals surface area contributed by atoms with Gasteiger partial charge in [0.05, 0.1) is 0 Å². The Balaban J connectivity index is -0.000000605. The minimum absolute atomic E-state index is 0. The van der Waals surface area contributed by atoms with Crippen LogP contribution in [-0.4, -0.2) is 22.3 Å². The third-order valence-electron chi connectivity index (χ3n) is 0.514. The molecule has 0 aromatic rings. The second-order valence-corrected chi connectivity index (χ2v) is 4.48. The molecule has 0 aliphatic carbocycles. The predicted molar refractivity (Wildman–Crippen MR) is 29.3 cm³/mol. The molecule has 76 valence electrons. The first-order valence-corrected chi connectivity index (χ1v) is 4.87. The van der Waals surface area contributed by atoms with Crippen LogP contribution in [-0.2, 0) is 20.4 Å². The van der Waals surface area contributed by atoms with E-state index in [-0.39, 0.29) is 35.1 Å². The molecule has 0 amide bonds. The summed E-state index contributed by atoms with van der Waals surface area (Å²) in [7, 11) is -12.1. The van der Waals surface area contributed by atoms with Crippen LogP contribution in [0.15, 0.2) is 0 Å². The zero-order valence-corrected chi connectivity index (χ0v) is 9.59. The normalized spacial score (nSPS) is 13.5. The Morgan fingerprint density at radius 2 is 1.38 bits per heavy atom. The largest absolute Gasteiger partial charge is 1.00 e. The average molecular weight is 255 g/mol. The first-order chi connectivity index (χ1) is 4.96. The number of nitrogens with one attached hydrogen (secondary N) is 1. The summed E-state index contributed by atoms with van der Waals surface area (Å²) >= 11 is 0. The first-order valence-electron chi connectivity index (χ1n) is 2.00. The molecule has 0 rings (SSSR count). The number of hydrogen-bond acceptors (Lipinski definition) is 4. The Kier molecular flexibility index (Phi) is 5.42. The topological polar surface area (TPSA) is 80.3 Å². The van der Waals surface area contributed by atoms with Crippen molar-refractivity contribution in [3.05, 3.63) is 0 Å². The molecular weight excluding hydrogens is 253 g/mol. The van der Waals surface area contributed by atoms with Gasteiger partial charge in [0.1, 0.15) is 0 Å². The average Bonchev–Trinajstić information content (AvgIpc) is 1.52. The van der Waals surface area contributed by atoms with Crippen molar-refractivity contribution in [2.24, 2.45) is 0 Å². The van der Waals surface area contributed by atoms with Crippen LogP contribution in [0, 0.1) is 0 Å². The molecule has 12 heteroatoms. The maximum atomic E-state index is 11.4. The van der Waals surface area contributed by atoms with Gasteiger partial charge in [-0.15, -0.1) is 0 Å². The Bertz CT molecular complexity index is 359. The SMILES string of the molecule is O=S(=O)(F)NS(=O)(=O)C(F)(F)F.[H-].[Na+]. The monoisotopic (exact) mass is 255 g/mol. The van der Waals surface area contributed by atoms with Crippen molar-refractivity contribution < 1.29 is 64.9 Å². The Morgan fingerprint density at radius 1 is 1.08 bits per heavy atom. The van der Waals surface area contributed by atoms with Crippen molar-refractivity contribution in [1.29, 1.82) is 0 Å².